The highest BCUT2D eigenvalue weighted by Gasteiger charge is 2.17. The number of amides is 2. The van der Waals surface area contributed by atoms with E-state index in [4.69, 9.17) is 0 Å². The molecule has 0 saturated heterocycles. The summed E-state index contributed by atoms with van der Waals surface area (Å²) in [6, 6.07) is 20.7. The Morgan fingerprint density at radius 3 is 2.24 bits per heavy atom. The van der Waals surface area contributed by atoms with Crippen LogP contribution >= 0.6 is 11.3 Å². The third-order valence-corrected chi connectivity index (χ3v) is 5.32. The van der Waals surface area contributed by atoms with Gasteiger partial charge >= 0.3 is 0 Å². The molecule has 0 unspecified atom stereocenters. The Morgan fingerprint density at radius 1 is 0.897 bits per heavy atom. The van der Waals surface area contributed by atoms with Crippen molar-refractivity contribution in [1.82, 2.24) is 9.80 Å². The Labute approximate surface area is 175 Å². The number of nitrogens with zero attached hydrogens (tertiary/aromatic N) is 2. The fourth-order valence-electron chi connectivity index (χ4n) is 2.86. The molecule has 2 amide bonds. The van der Waals surface area contributed by atoms with E-state index in [1.165, 1.54) is 11.3 Å². The van der Waals surface area contributed by atoms with Gasteiger partial charge in [0.1, 0.15) is 0 Å². The van der Waals surface area contributed by atoms with Gasteiger partial charge in [0, 0.05) is 30.9 Å². The van der Waals surface area contributed by atoms with E-state index in [0.717, 1.165) is 12.1 Å². The summed E-state index contributed by atoms with van der Waals surface area (Å²) < 4.78 is 0. The summed E-state index contributed by atoms with van der Waals surface area (Å²) in [5.74, 6) is -0.164. The van der Waals surface area contributed by atoms with Crippen LogP contribution in [0.15, 0.2) is 72.1 Å². The Morgan fingerprint density at radius 2 is 1.62 bits per heavy atom. The summed E-state index contributed by atoms with van der Waals surface area (Å²) in [5.41, 5.74) is 2.37. The Kier molecular flexibility index (Phi) is 7.16. The van der Waals surface area contributed by atoms with Crippen LogP contribution in [0.5, 0.6) is 0 Å². The highest BCUT2D eigenvalue weighted by molar-refractivity contribution is 7.12. The van der Waals surface area contributed by atoms with Gasteiger partial charge in [-0.05, 0) is 55.4 Å². The molecular weight excluding hydrogens is 382 g/mol. The van der Waals surface area contributed by atoms with E-state index in [9.17, 15) is 9.59 Å². The first-order valence-electron chi connectivity index (χ1n) is 9.46. The zero-order valence-corrected chi connectivity index (χ0v) is 17.5. The van der Waals surface area contributed by atoms with Crippen molar-refractivity contribution in [3.63, 3.8) is 0 Å². The predicted octanol–water partition coefficient (Wildman–Crippen LogP) is 4.20. The van der Waals surface area contributed by atoms with Crippen molar-refractivity contribution >= 4 is 28.8 Å². The first kappa shape index (κ1) is 20.8. The van der Waals surface area contributed by atoms with Crippen molar-refractivity contribution in [1.29, 1.82) is 0 Å². The maximum Gasteiger partial charge on any atom is 0.265 e. The minimum absolute atomic E-state index is 0.0214. The number of nitrogens with one attached hydrogen (secondary N) is 1. The molecule has 0 spiro atoms. The standard InChI is InChI=1S/C23H25N3O2S/c1-25(2)14-15-26(17-18-7-4-3-5-8-18)23(28)19-10-12-20(13-11-19)24-22(27)21-9-6-16-29-21/h3-13,16H,14-15,17H2,1-2H3,(H,24,27). The number of carbonyl (C=O) groups is 2. The van der Waals surface area contributed by atoms with Gasteiger partial charge in [-0.2, -0.15) is 0 Å². The molecule has 2 aromatic carbocycles. The molecule has 0 saturated carbocycles. The van der Waals surface area contributed by atoms with Crippen LogP contribution in [0.3, 0.4) is 0 Å². The molecular formula is C23H25N3O2S. The van der Waals surface area contributed by atoms with Crippen LogP contribution in [-0.2, 0) is 6.54 Å². The van der Waals surface area contributed by atoms with E-state index >= 15 is 0 Å². The highest BCUT2D eigenvalue weighted by Crippen LogP contribution is 2.16. The van der Waals surface area contributed by atoms with E-state index in [1.807, 2.05) is 60.8 Å². The van der Waals surface area contributed by atoms with Crippen LogP contribution in [0.2, 0.25) is 0 Å². The molecule has 3 aromatic rings. The number of carbonyl (C=O) groups excluding carboxylic acids is 2. The van der Waals surface area contributed by atoms with E-state index in [1.54, 1.807) is 30.3 Å². The molecule has 3 rings (SSSR count). The third kappa shape index (κ3) is 6.01. The first-order valence-corrected chi connectivity index (χ1v) is 10.3. The Balaban J connectivity index is 1.70. The van der Waals surface area contributed by atoms with Crippen LogP contribution in [0.4, 0.5) is 5.69 Å². The predicted molar refractivity (Wildman–Crippen MR) is 118 cm³/mol. The van der Waals surface area contributed by atoms with Gasteiger partial charge in [-0.1, -0.05) is 36.4 Å². The van der Waals surface area contributed by atoms with Gasteiger partial charge in [0.05, 0.1) is 4.88 Å². The van der Waals surface area contributed by atoms with E-state index < -0.39 is 0 Å². The Hall–Kier alpha value is -2.96. The molecule has 0 aliphatic rings. The molecule has 150 valence electrons. The lowest BCUT2D eigenvalue weighted by molar-refractivity contribution is 0.0732. The van der Waals surface area contributed by atoms with Crippen LogP contribution < -0.4 is 5.32 Å². The lowest BCUT2D eigenvalue weighted by atomic mass is 10.1. The number of thiophene rings is 1. The smallest absolute Gasteiger partial charge is 0.265 e. The van der Waals surface area contributed by atoms with Gasteiger partial charge in [0.25, 0.3) is 11.8 Å². The van der Waals surface area contributed by atoms with Crippen LogP contribution in [0.1, 0.15) is 25.6 Å². The van der Waals surface area contributed by atoms with Crippen LogP contribution in [-0.4, -0.2) is 48.8 Å². The van der Waals surface area contributed by atoms with Gasteiger partial charge < -0.3 is 15.1 Å². The summed E-state index contributed by atoms with van der Waals surface area (Å²) in [4.78, 5) is 29.9. The van der Waals surface area contributed by atoms with Crippen molar-refractivity contribution in [3.05, 3.63) is 88.1 Å². The van der Waals surface area contributed by atoms with Crippen molar-refractivity contribution < 1.29 is 9.59 Å². The molecule has 1 heterocycles. The second-order valence-corrected chi connectivity index (χ2v) is 7.97. The van der Waals surface area contributed by atoms with Crippen LogP contribution in [0, 0.1) is 0 Å². The van der Waals surface area contributed by atoms with Crippen LogP contribution in [0.25, 0.3) is 0 Å². The number of hydrogen-bond acceptors (Lipinski definition) is 4. The topological polar surface area (TPSA) is 52.6 Å². The monoisotopic (exact) mass is 407 g/mol. The minimum atomic E-state index is -0.143. The third-order valence-electron chi connectivity index (χ3n) is 4.46. The largest absolute Gasteiger partial charge is 0.333 e. The van der Waals surface area contributed by atoms with E-state index in [0.29, 0.717) is 29.2 Å². The fourth-order valence-corrected chi connectivity index (χ4v) is 3.48. The quantitative estimate of drug-likeness (QED) is 0.609. The second-order valence-electron chi connectivity index (χ2n) is 7.02. The lowest BCUT2D eigenvalue weighted by Crippen LogP contribution is -2.36. The SMILES string of the molecule is CN(C)CCN(Cc1ccccc1)C(=O)c1ccc(NC(=O)c2cccs2)cc1. The molecule has 0 aliphatic heterocycles. The van der Waals surface area contributed by atoms with Crippen molar-refractivity contribution in [2.24, 2.45) is 0 Å². The minimum Gasteiger partial charge on any atom is -0.333 e. The molecule has 1 aromatic heterocycles. The van der Waals surface area contributed by atoms with Gasteiger partial charge in [-0.3, -0.25) is 9.59 Å². The molecule has 1 N–H and O–H groups in total. The van der Waals surface area contributed by atoms with Crippen molar-refractivity contribution in [2.45, 2.75) is 6.54 Å². The second kappa shape index (κ2) is 10.0. The van der Waals surface area contributed by atoms with Crippen molar-refractivity contribution in [2.75, 3.05) is 32.5 Å². The van der Waals surface area contributed by atoms with Crippen molar-refractivity contribution in [3.8, 4) is 0 Å². The van der Waals surface area contributed by atoms with Gasteiger partial charge in [0.2, 0.25) is 0 Å². The molecule has 0 bridgehead atoms. The number of rotatable bonds is 8. The maximum atomic E-state index is 13.1. The molecule has 0 fully saturated rings. The molecule has 0 aliphatic carbocycles. The normalized spacial score (nSPS) is 10.7. The lowest BCUT2D eigenvalue weighted by Gasteiger charge is -2.25. The summed E-state index contributed by atoms with van der Waals surface area (Å²) in [5, 5.41) is 4.73. The zero-order chi connectivity index (χ0) is 20.6. The number of benzene rings is 2. The van der Waals surface area contributed by atoms with E-state index in [-0.39, 0.29) is 11.8 Å². The number of hydrogen-bond donors (Lipinski definition) is 1. The fraction of sp³-hybridized carbons (Fsp3) is 0.217. The van der Waals surface area contributed by atoms with E-state index in [2.05, 4.69) is 10.2 Å². The van der Waals surface area contributed by atoms with Gasteiger partial charge in [0.15, 0.2) is 0 Å². The van der Waals surface area contributed by atoms with Gasteiger partial charge in [-0.15, -0.1) is 11.3 Å². The summed E-state index contributed by atoms with van der Waals surface area (Å²) in [6.07, 6.45) is 0. The number of anilines is 1. The average Bonchev–Trinajstić information content (AvgIpc) is 3.27. The summed E-state index contributed by atoms with van der Waals surface area (Å²) >= 11 is 1.39. The number of likely N-dealkylation sites (N-methyl/N-ethyl adjacent to an activating group) is 1. The Bertz CT molecular complexity index is 923. The zero-order valence-electron chi connectivity index (χ0n) is 16.7. The molecule has 5 nitrogen and oxygen atoms in total. The summed E-state index contributed by atoms with van der Waals surface area (Å²) in [6.45, 7) is 1.98. The molecule has 29 heavy (non-hydrogen) atoms. The highest BCUT2D eigenvalue weighted by atomic mass is 32.1. The summed E-state index contributed by atoms with van der Waals surface area (Å²) in [7, 11) is 3.99. The first-order chi connectivity index (χ1) is 14.0. The average molecular weight is 408 g/mol. The van der Waals surface area contributed by atoms with Gasteiger partial charge in [-0.25, -0.2) is 0 Å². The maximum absolute atomic E-state index is 13.1. The molecule has 6 heteroatoms. The molecule has 0 atom stereocenters. The molecule has 0 radical (unpaired) electrons.